The quantitative estimate of drug-likeness (QED) is 0.415. The zero-order valence-corrected chi connectivity index (χ0v) is 19.3. The van der Waals surface area contributed by atoms with Crippen LogP contribution in [-0.2, 0) is 0 Å². The summed E-state index contributed by atoms with van der Waals surface area (Å²) in [7, 11) is 2.47. The second-order valence-corrected chi connectivity index (χ2v) is 8.75. The highest BCUT2D eigenvalue weighted by atomic mass is 35.5. The van der Waals surface area contributed by atoms with Gasteiger partial charge in [-0.2, -0.15) is 0 Å². The molecule has 3 N–H and O–H groups in total. The number of carbonyl (C=O) groups excluding carboxylic acids is 1. The average Bonchev–Trinajstić information content (AvgIpc) is 3.09. The van der Waals surface area contributed by atoms with E-state index in [4.69, 9.17) is 34.3 Å². The summed E-state index contributed by atoms with van der Waals surface area (Å²) >= 11 is 11.6. The predicted molar refractivity (Wildman–Crippen MR) is 128 cm³/mol. The number of benzene rings is 2. The highest BCUT2D eigenvalue weighted by molar-refractivity contribution is 7.80. The predicted octanol–water partition coefficient (Wildman–Crippen LogP) is 4.32. The minimum absolute atomic E-state index is 0.179. The SMILES string of the molecule is NC(=O)c1cc2c(Oc3ccc(NC(=S)N4CCC(F)(F)C4)c(Cl)c3)ccnc2cc1P. The van der Waals surface area contributed by atoms with Gasteiger partial charge in [-0.25, -0.2) is 8.78 Å². The maximum absolute atomic E-state index is 13.4. The lowest BCUT2D eigenvalue weighted by molar-refractivity contribution is 0.0177. The van der Waals surface area contributed by atoms with Gasteiger partial charge in [0.2, 0.25) is 5.91 Å². The lowest BCUT2D eigenvalue weighted by Gasteiger charge is -2.21. The Kier molecular flexibility index (Phi) is 6.16. The maximum atomic E-state index is 13.4. The van der Waals surface area contributed by atoms with Crippen LogP contribution in [0.15, 0.2) is 42.6 Å². The fraction of sp³-hybridized carbons (Fsp3) is 0.190. The highest BCUT2D eigenvalue weighted by Crippen LogP contribution is 2.34. The fourth-order valence-electron chi connectivity index (χ4n) is 3.38. The molecule has 0 saturated carbocycles. The van der Waals surface area contributed by atoms with Crippen molar-refractivity contribution in [2.75, 3.05) is 18.4 Å². The molecule has 1 saturated heterocycles. The van der Waals surface area contributed by atoms with Crippen LogP contribution in [0.4, 0.5) is 14.5 Å². The summed E-state index contributed by atoms with van der Waals surface area (Å²) < 4.78 is 32.8. The van der Waals surface area contributed by atoms with Crippen LogP contribution in [0.1, 0.15) is 16.8 Å². The largest absolute Gasteiger partial charge is 0.457 e. The number of alkyl halides is 2. The monoisotopic (exact) mass is 494 g/mol. The highest BCUT2D eigenvalue weighted by Gasteiger charge is 2.39. The van der Waals surface area contributed by atoms with E-state index >= 15 is 0 Å². The maximum Gasteiger partial charge on any atom is 0.267 e. The van der Waals surface area contributed by atoms with Gasteiger partial charge in [0.05, 0.1) is 22.8 Å². The summed E-state index contributed by atoms with van der Waals surface area (Å²) in [6.07, 6.45) is 1.36. The molecule has 1 aliphatic heterocycles. The van der Waals surface area contributed by atoms with Crippen molar-refractivity contribution < 1.29 is 18.3 Å². The smallest absolute Gasteiger partial charge is 0.267 e. The number of pyridine rings is 1. The number of carbonyl (C=O) groups is 1. The van der Waals surface area contributed by atoms with Crippen molar-refractivity contribution in [3.8, 4) is 11.5 Å². The fourth-order valence-corrected chi connectivity index (χ4v) is 4.24. The molecule has 0 bridgehead atoms. The topological polar surface area (TPSA) is 80.5 Å². The number of anilines is 1. The Morgan fingerprint density at radius 3 is 2.75 bits per heavy atom. The van der Waals surface area contributed by atoms with Crippen LogP contribution in [0.2, 0.25) is 5.02 Å². The van der Waals surface area contributed by atoms with E-state index in [1.54, 1.807) is 42.6 Å². The van der Waals surface area contributed by atoms with E-state index in [0.29, 0.717) is 44.0 Å². The molecule has 1 atom stereocenters. The zero-order chi connectivity index (χ0) is 23.0. The Hall–Kier alpha value is -2.61. The molecule has 166 valence electrons. The summed E-state index contributed by atoms with van der Waals surface area (Å²) in [5.74, 6) is -2.40. The van der Waals surface area contributed by atoms with E-state index in [0.717, 1.165) is 0 Å². The van der Waals surface area contributed by atoms with E-state index in [1.807, 2.05) is 0 Å². The standard InChI is InChI=1S/C21H18ClF2N4O2PS/c22-14-7-11(1-2-15(14)27-20(32)28-6-4-21(23,24)10-28)30-17-3-5-26-16-9-18(31)13(19(25)29)8-12(16)17/h1-3,5,7-9H,4,6,10,31H2,(H2,25,29)(H,27,32). The lowest BCUT2D eigenvalue weighted by atomic mass is 10.1. The number of fused-ring (bicyclic) bond motifs is 1. The summed E-state index contributed by atoms with van der Waals surface area (Å²) in [6, 6.07) is 9.92. The van der Waals surface area contributed by atoms with E-state index < -0.39 is 18.4 Å². The number of hydrogen-bond acceptors (Lipinski definition) is 4. The molecule has 1 aliphatic rings. The Morgan fingerprint density at radius 1 is 1.31 bits per heavy atom. The first-order valence-electron chi connectivity index (χ1n) is 9.52. The number of likely N-dealkylation sites (tertiary alicyclic amines) is 1. The van der Waals surface area contributed by atoms with Crippen LogP contribution in [0.25, 0.3) is 10.9 Å². The van der Waals surface area contributed by atoms with Gasteiger partial charge in [0, 0.05) is 36.2 Å². The number of thiocarbonyl (C=S) groups is 1. The van der Waals surface area contributed by atoms with Crippen LogP contribution < -0.4 is 21.1 Å². The van der Waals surface area contributed by atoms with Gasteiger partial charge in [-0.1, -0.05) is 11.6 Å². The molecule has 1 aromatic heterocycles. The van der Waals surface area contributed by atoms with Crippen LogP contribution in [0.5, 0.6) is 11.5 Å². The number of primary amides is 1. The van der Waals surface area contributed by atoms with Crippen molar-refractivity contribution in [3.05, 3.63) is 53.2 Å². The van der Waals surface area contributed by atoms with Gasteiger partial charge in [-0.05, 0) is 47.9 Å². The average molecular weight is 495 g/mol. The molecular weight excluding hydrogens is 477 g/mol. The zero-order valence-electron chi connectivity index (χ0n) is 16.6. The van der Waals surface area contributed by atoms with E-state index in [2.05, 4.69) is 19.5 Å². The first-order chi connectivity index (χ1) is 15.1. The first-order valence-corrected chi connectivity index (χ1v) is 10.9. The molecule has 1 unspecified atom stereocenters. The number of rotatable bonds is 4. The molecule has 11 heteroatoms. The number of halogens is 3. The third-order valence-corrected chi connectivity index (χ3v) is 6.16. The van der Waals surface area contributed by atoms with E-state index in [-0.39, 0.29) is 18.1 Å². The van der Waals surface area contributed by atoms with Gasteiger partial charge >= 0.3 is 0 Å². The van der Waals surface area contributed by atoms with Crippen molar-refractivity contribution in [3.63, 3.8) is 0 Å². The van der Waals surface area contributed by atoms with Gasteiger partial charge in [0.1, 0.15) is 11.5 Å². The molecule has 2 aromatic carbocycles. The molecule has 0 radical (unpaired) electrons. The molecule has 0 aliphatic carbocycles. The van der Waals surface area contributed by atoms with Gasteiger partial charge in [-0.3, -0.25) is 9.78 Å². The summed E-state index contributed by atoms with van der Waals surface area (Å²) in [4.78, 5) is 17.4. The van der Waals surface area contributed by atoms with Gasteiger partial charge in [0.25, 0.3) is 5.92 Å². The third-order valence-electron chi connectivity index (χ3n) is 5.01. The van der Waals surface area contributed by atoms with Crippen molar-refractivity contribution in [2.24, 2.45) is 5.73 Å². The van der Waals surface area contributed by atoms with Crippen molar-refractivity contribution in [1.29, 1.82) is 0 Å². The normalized spacial score (nSPS) is 15.1. The van der Waals surface area contributed by atoms with Gasteiger partial charge in [0.15, 0.2) is 5.11 Å². The van der Waals surface area contributed by atoms with Crippen molar-refractivity contribution in [1.82, 2.24) is 9.88 Å². The van der Waals surface area contributed by atoms with E-state index in [9.17, 15) is 13.6 Å². The lowest BCUT2D eigenvalue weighted by Crippen LogP contribution is -2.34. The number of nitrogens with one attached hydrogen (secondary N) is 1. The first kappa shape index (κ1) is 22.6. The summed E-state index contributed by atoms with van der Waals surface area (Å²) in [6.45, 7) is -0.240. The van der Waals surface area contributed by atoms with E-state index in [1.165, 1.54) is 4.90 Å². The number of nitrogens with zero attached hydrogens (tertiary/aromatic N) is 2. The molecule has 3 aromatic rings. The van der Waals surface area contributed by atoms with Crippen LogP contribution >= 0.6 is 33.1 Å². The molecule has 4 rings (SSSR count). The van der Waals surface area contributed by atoms with Gasteiger partial charge in [-0.15, -0.1) is 9.24 Å². The molecule has 32 heavy (non-hydrogen) atoms. The van der Waals surface area contributed by atoms with Crippen LogP contribution in [0, 0.1) is 0 Å². The number of hydrogen-bond donors (Lipinski definition) is 2. The third kappa shape index (κ3) is 4.75. The molecule has 2 heterocycles. The molecule has 1 amide bonds. The molecular formula is C21H18ClF2N4O2PS. The number of amides is 1. The molecule has 1 fully saturated rings. The summed E-state index contributed by atoms with van der Waals surface area (Å²) in [5.41, 5.74) is 6.91. The minimum Gasteiger partial charge on any atom is -0.457 e. The molecule has 0 spiro atoms. The van der Waals surface area contributed by atoms with Crippen molar-refractivity contribution in [2.45, 2.75) is 12.3 Å². The number of aromatic nitrogens is 1. The van der Waals surface area contributed by atoms with Crippen molar-refractivity contribution >= 4 is 66.0 Å². The second kappa shape index (κ2) is 8.73. The number of ether oxygens (including phenoxy) is 1. The van der Waals surface area contributed by atoms with Crippen LogP contribution in [-0.4, -0.2) is 39.9 Å². The Balaban J connectivity index is 1.55. The summed E-state index contributed by atoms with van der Waals surface area (Å²) in [5, 5.41) is 4.65. The Morgan fingerprint density at radius 2 is 2.09 bits per heavy atom. The second-order valence-electron chi connectivity index (χ2n) is 7.33. The molecule has 6 nitrogen and oxygen atoms in total. The Bertz CT molecular complexity index is 1240. The van der Waals surface area contributed by atoms with Crippen LogP contribution in [0.3, 0.4) is 0 Å². The van der Waals surface area contributed by atoms with Gasteiger partial charge < -0.3 is 20.7 Å². The minimum atomic E-state index is -2.74. The number of nitrogens with two attached hydrogens (primary N) is 1. The Labute approximate surface area is 195 Å².